The molecule has 0 saturated carbocycles. The van der Waals surface area contributed by atoms with E-state index < -0.39 is 10.0 Å². The molecule has 1 aliphatic heterocycles. The molecule has 1 aromatic heterocycles. The summed E-state index contributed by atoms with van der Waals surface area (Å²) in [5.74, 6) is 0.789. The second kappa shape index (κ2) is 10.9. The van der Waals surface area contributed by atoms with Crippen molar-refractivity contribution in [3.05, 3.63) is 59.4 Å². The van der Waals surface area contributed by atoms with Gasteiger partial charge in [0, 0.05) is 32.5 Å². The summed E-state index contributed by atoms with van der Waals surface area (Å²) >= 11 is 0. The van der Waals surface area contributed by atoms with Gasteiger partial charge in [0.1, 0.15) is 5.82 Å². The first kappa shape index (κ1) is 25.4. The van der Waals surface area contributed by atoms with Crippen LogP contribution in [0.4, 0.5) is 0 Å². The number of imidazole rings is 1. The van der Waals surface area contributed by atoms with Crippen molar-refractivity contribution in [2.24, 2.45) is 0 Å². The number of sulfonamides is 1. The Kier molecular flexibility index (Phi) is 7.91. The van der Waals surface area contributed by atoms with E-state index in [2.05, 4.69) is 48.0 Å². The number of carbonyl (C=O) groups excluding carboxylic acids is 1. The Bertz CT molecular complexity index is 1280. The van der Waals surface area contributed by atoms with E-state index in [-0.39, 0.29) is 11.9 Å². The lowest BCUT2D eigenvalue weighted by molar-refractivity contribution is -0.121. The summed E-state index contributed by atoms with van der Waals surface area (Å²) in [5, 5.41) is 3.09. The van der Waals surface area contributed by atoms with Crippen LogP contribution in [0.5, 0.6) is 0 Å². The lowest BCUT2D eigenvalue weighted by atomic mass is 10.0. The number of rotatable bonds is 10. The molecule has 1 aliphatic rings. The van der Waals surface area contributed by atoms with E-state index in [1.165, 1.54) is 5.56 Å². The number of aromatic nitrogens is 2. The predicted octanol–water partition coefficient (Wildman–Crippen LogP) is 4.60. The van der Waals surface area contributed by atoms with E-state index in [0.29, 0.717) is 36.3 Å². The SMILES string of the molecule is CCCn1c(CCC(=O)NC(C)c2ccc(CC)cc2)nc2cc(S(=O)(=O)N3CCCC3)ccc21. The zero-order valence-corrected chi connectivity index (χ0v) is 21.8. The normalized spacial score (nSPS) is 15.5. The minimum atomic E-state index is -3.50. The average Bonchev–Trinajstić information content (AvgIpc) is 3.52. The molecule has 0 spiro atoms. The minimum absolute atomic E-state index is 0.0236. The van der Waals surface area contributed by atoms with Gasteiger partial charge in [0.2, 0.25) is 15.9 Å². The van der Waals surface area contributed by atoms with Gasteiger partial charge < -0.3 is 9.88 Å². The Morgan fingerprint density at radius 2 is 1.80 bits per heavy atom. The van der Waals surface area contributed by atoms with Crippen molar-refractivity contribution in [2.75, 3.05) is 13.1 Å². The van der Waals surface area contributed by atoms with Crippen LogP contribution >= 0.6 is 0 Å². The van der Waals surface area contributed by atoms with E-state index in [0.717, 1.165) is 49.1 Å². The Hall–Kier alpha value is -2.71. The third-order valence-electron chi connectivity index (χ3n) is 6.79. The molecule has 0 bridgehead atoms. The summed E-state index contributed by atoms with van der Waals surface area (Å²) in [6.45, 7) is 8.14. The molecule has 1 saturated heterocycles. The highest BCUT2D eigenvalue weighted by Crippen LogP contribution is 2.26. The van der Waals surface area contributed by atoms with Crippen molar-refractivity contribution in [1.29, 1.82) is 0 Å². The van der Waals surface area contributed by atoms with Gasteiger partial charge in [0.05, 0.1) is 22.0 Å². The van der Waals surface area contributed by atoms with Gasteiger partial charge in [-0.1, -0.05) is 38.1 Å². The number of aryl methyl sites for hydroxylation is 3. The first-order valence-electron chi connectivity index (χ1n) is 12.7. The molecule has 4 rings (SSSR count). The van der Waals surface area contributed by atoms with Crippen LogP contribution in [-0.4, -0.2) is 41.3 Å². The van der Waals surface area contributed by atoms with Crippen LogP contribution < -0.4 is 5.32 Å². The number of nitrogens with zero attached hydrogens (tertiary/aromatic N) is 3. The Balaban J connectivity index is 1.48. The maximum atomic E-state index is 13.0. The van der Waals surface area contributed by atoms with Gasteiger partial charge in [-0.05, 0) is 61.9 Å². The molecule has 35 heavy (non-hydrogen) atoms. The molecule has 8 heteroatoms. The predicted molar refractivity (Wildman–Crippen MR) is 139 cm³/mol. The van der Waals surface area contributed by atoms with Crippen LogP contribution in [0.25, 0.3) is 11.0 Å². The summed E-state index contributed by atoms with van der Waals surface area (Å²) in [7, 11) is -3.50. The number of hydrogen-bond donors (Lipinski definition) is 1. The van der Waals surface area contributed by atoms with Crippen molar-refractivity contribution in [3.63, 3.8) is 0 Å². The lowest BCUT2D eigenvalue weighted by Gasteiger charge is -2.15. The van der Waals surface area contributed by atoms with Gasteiger partial charge in [-0.3, -0.25) is 4.79 Å². The Morgan fingerprint density at radius 1 is 1.09 bits per heavy atom. The summed E-state index contributed by atoms with van der Waals surface area (Å²) < 4.78 is 29.7. The molecule has 7 nitrogen and oxygen atoms in total. The summed E-state index contributed by atoms with van der Waals surface area (Å²) in [5.41, 5.74) is 3.93. The summed E-state index contributed by atoms with van der Waals surface area (Å²) in [6.07, 6.45) is 4.54. The monoisotopic (exact) mass is 496 g/mol. The maximum Gasteiger partial charge on any atom is 0.243 e. The van der Waals surface area contributed by atoms with Crippen molar-refractivity contribution in [3.8, 4) is 0 Å². The first-order chi connectivity index (χ1) is 16.8. The smallest absolute Gasteiger partial charge is 0.243 e. The van der Waals surface area contributed by atoms with Gasteiger partial charge in [0.25, 0.3) is 0 Å². The van der Waals surface area contributed by atoms with Gasteiger partial charge in [-0.15, -0.1) is 0 Å². The molecule has 188 valence electrons. The van der Waals surface area contributed by atoms with Crippen molar-refractivity contribution < 1.29 is 13.2 Å². The van der Waals surface area contributed by atoms with Crippen LogP contribution in [0, 0.1) is 0 Å². The largest absolute Gasteiger partial charge is 0.350 e. The van der Waals surface area contributed by atoms with Gasteiger partial charge in [0.15, 0.2) is 0 Å². The minimum Gasteiger partial charge on any atom is -0.350 e. The van der Waals surface area contributed by atoms with Crippen LogP contribution in [0.2, 0.25) is 0 Å². The zero-order chi connectivity index (χ0) is 25.0. The molecule has 1 unspecified atom stereocenters. The third kappa shape index (κ3) is 5.59. The average molecular weight is 497 g/mol. The lowest BCUT2D eigenvalue weighted by Crippen LogP contribution is -2.27. The molecular weight excluding hydrogens is 460 g/mol. The van der Waals surface area contributed by atoms with Crippen LogP contribution in [-0.2, 0) is 34.2 Å². The Morgan fingerprint density at radius 3 is 2.46 bits per heavy atom. The Labute approximate surface area is 208 Å². The molecule has 2 aromatic carbocycles. The van der Waals surface area contributed by atoms with Crippen molar-refractivity contribution >= 4 is 27.0 Å². The van der Waals surface area contributed by atoms with Gasteiger partial charge >= 0.3 is 0 Å². The third-order valence-corrected chi connectivity index (χ3v) is 8.68. The number of amides is 1. The highest BCUT2D eigenvalue weighted by molar-refractivity contribution is 7.89. The van der Waals surface area contributed by atoms with E-state index in [4.69, 9.17) is 4.98 Å². The quantitative estimate of drug-likeness (QED) is 0.444. The number of benzene rings is 2. The van der Waals surface area contributed by atoms with E-state index in [1.807, 2.05) is 13.0 Å². The highest BCUT2D eigenvalue weighted by atomic mass is 32.2. The second-order valence-corrected chi connectivity index (χ2v) is 11.3. The molecule has 1 N–H and O–H groups in total. The first-order valence-corrected chi connectivity index (χ1v) is 14.1. The molecule has 0 radical (unpaired) electrons. The second-order valence-electron chi connectivity index (χ2n) is 9.33. The van der Waals surface area contributed by atoms with Gasteiger partial charge in [-0.2, -0.15) is 4.31 Å². The number of hydrogen-bond acceptors (Lipinski definition) is 4. The number of carbonyl (C=O) groups is 1. The van der Waals surface area contributed by atoms with Crippen molar-refractivity contribution in [1.82, 2.24) is 19.2 Å². The molecular formula is C27H36N4O3S. The summed E-state index contributed by atoms with van der Waals surface area (Å²) in [4.78, 5) is 17.8. The highest BCUT2D eigenvalue weighted by Gasteiger charge is 2.28. The number of nitrogens with one attached hydrogen (secondary N) is 1. The fourth-order valence-electron chi connectivity index (χ4n) is 4.73. The maximum absolute atomic E-state index is 13.0. The molecule has 0 aliphatic carbocycles. The van der Waals surface area contributed by atoms with Crippen LogP contribution in [0.15, 0.2) is 47.4 Å². The molecule has 1 fully saturated rings. The topological polar surface area (TPSA) is 84.3 Å². The van der Waals surface area contributed by atoms with E-state index in [1.54, 1.807) is 16.4 Å². The standard InChI is InChI=1S/C27H36N4O3S/c1-4-16-31-25-13-12-23(35(33,34)30-17-6-7-18-30)19-24(25)29-26(31)14-15-27(32)28-20(3)22-10-8-21(5-2)9-11-22/h8-13,19-20H,4-7,14-18H2,1-3H3,(H,28,32). The molecule has 1 amide bonds. The van der Waals surface area contributed by atoms with Gasteiger partial charge in [-0.25, -0.2) is 13.4 Å². The number of fused-ring (bicyclic) bond motifs is 1. The molecule has 3 aromatic rings. The van der Waals surface area contributed by atoms with Crippen LogP contribution in [0.1, 0.15) is 69.4 Å². The van der Waals surface area contributed by atoms with E-state index >= 15 is 0 Å². The molecule has 1 atom stereocenters. The fourth-order valence-corrected chi connectivity index (χ4v) is 6.26. The molecule has 2 heterocycles. The summed E-state index contributed by atoms with van der Waals surface area (Å²) in [6, 6.07) is 13.5. The van der Waals surface area contributed by atoms with Crippen molar-refractivity contribution in [2.45, 2.75) is 76.8 Å². The zero-order valence-electron chi connectivity index (χ0n) is 21.0. The fraction of sp³-hybridized carbons (Fsp3) is 0.481. The van der Waals surface area contributed by atoms with E-state index in [9.17, 15) is 13.2 Å². The van der Waals surface area contributed by atoms with Crippen LogP contribution in [0.3, 0.4) is 0 Å².